The fraction of sp³-hybridized carbons (Fsp3) is 0.161. The Morgan fingerprint density at radius 3 is 2.24 bits per heavy atom. The summed E-state index contributed by atoms with van der Waals surface area (Å²) < 4.78 is 23.9. The summed E-state index contributed by atoms with van der Waals surface area (Å²) in [6, 6.07) is 25.0. The second-order valence-corrected chi connectivity index (χ2v) is 9.82. The molecule has 0 spiro atoms. The molecular weight excluding hydrogens is 554 g/mol. The monoisotopic (exact) mass is 583 g/mol. The Bertz CT molecular complexity index is 1710. The largest absolute Gasteiger partial charge is 0.496 e. The zero-order valence-electron chi connectivity index (χ0n) is 23.5. The van der Waals surface area contributed by atoms with Crippen molar-refractivity contribution in [2.24, 2.45) is 5.10 Å². The highest BCUT2D eigenvalue weighted by Crippen LogP contribution is 2.41. The Labute approximate surface area is 247 Å². The van der Waals surface area contributed by atoms with E-state index in [0.717, 1.165) is 22.0 Å². The predicted molar refractivity (Wildman–Crippen MR) is 163 cm³/mol. The van der Waals surface area contributed by atoms with Crippen molar-refractivity contribution in [1.29, 1.82) is 0 Å². The molecule has 0 aliphatic rings. The highest BCUT2D eigenvalue weighted by Gasteiger charge is 2.21. The lowest BCUT2D eigenvalue weighted by atomic mass is 10.0. The van der Waals surface area contributed by atoms with Gasteiger partial charge in [0, 0.05) is 16.8 Å². The maximum atomic E-state index is 12.8. The number of para-hydroxylation sites is 1. The van der Waals surface area contributed by atoms with Gasteiger partial charge in [0.1, 0.15) is 5.75 Å². The molecule has 0 fully saturated rings. The van der Waals surface area contributed by atoms with E-state index in [-0.39, 0.29) is 11.7 Å². The maximum absolute atomic E-state index is 12.8. The second-order valence-electron chi connectivity index (χ2n) is 8.88. The minimum Gasteiger partial charge on any atom is -0.496 e. The van der Waals surface area contributed by atoms with Crippen molar-refractivity contribution in [3.63, 3.8) is 0 Å². The van der Waals surface area contributed by atoms with Crippen LogP contribution in [0, 0.1) is 0 Å². The first-order valence-corrected chi connectivity index (χ1v) is 13.9. The van der Waals surface area contributed by atoms with Crippen molar-refractivity contribution in [2.45, 2.75) is 5.16 Å². The molecule has 4 aromatic carbocycles. The summed E-state index contributed by atoms with van der Waals surface area (Å²) in [6.07, 6.45) is 1.60. The zero-order valence-corrected chi connectivity index (χ0v) is 24.3. The van der Waals surface area contributed by atoms with Gasteiger partial charge < -0.3 is 18.9 Å². The summed E-state index contributed by atoms with van der Waals surface area (Å²) in [5, 5.41) is 15.6. The van der Waals surface area contributed by atoms with Crippen LogP contribution < -0.4 is 24.4 Å². The number of nitrogens with one attached hydrogen (secondary N) is 1. The Balaban J connectivity index is 1.39. The van der Waals surface area contributed by atoms with Crippen molar-refractivity contribution < 1.29 is 23.7 Å². The van der Waals surface area contributed by atoms with Crippen molar-refractivity contribution in [3.05, 3.63) is 84.4 Å². The number of benzene rings is 4. The quantitative estimate of drug-likeness (QED) is 0.126. The lowest BCUT2D eigenvalue weighted by Crippen LogP contribution is -2.20. The lowest BCUT2D eigenvalue weighted by Gasteiger charge is -2.15. The topological polar surface area (TPSA) is 109 Å². The molecule has 11 heteroatoms. The van der Waals surface area contributed by atoms with Crippen LogP contribution in [0.15, 0.2) is 89.1 Å². The summed E-state index contributed by atoms with van der Waals surface area (Å²) in [4.78, 5) is 12.8. The van der Waals surface area contributed by atoms with Crippen molar-refractivity contribution in [3.8, 4) is 40.1 Å². The molecule has 10 nitrogen and oxygen atoms in total. The molecule has 5 aromatic rings. The molecule has 1 amide bonds. The second kappa shape index (κ2) is 13.1. The summed E-state index contributed by atoms with van der Waals surface area (Å²) in [6.45, 7) is 0. The molecular formula is C31H29N5O5S. The van der Waals surface area contributed by atoms with Crippen LogP contribution in [0.1, 0.15) is 5.56 Å². The number of nitrogens with zero attached hydrogens (tertiary/aromatic N) is 4. The third-order valence-corrected chi connectivity index (χ3v) is 7.37. The molecule has 0 unspecified atom stereocenters. The van der Waals surface area contributed by atoms with Crippen LogP contribution >= 0.6 is 11.8 Å². The third kappa shape index (κ3) is 5.86. The maximum Gasteiger partial charge on any atom is 0.250 e. The van der Waals surface area contributed by atoms with E-state index < -0.39 is 0 Å². The van der Waals surface area contributed by atoms with Gasteiger partial charge in [-0.2, -0.15) is 5.10 Å². The highest BCUT2D eigenvalue weighted by molar-refractivity contribution is 7.99. The Hall–Kier alpha value is -5.03. The number of amides is 1. The number of carbonyl (C=O) groups is 1. The van der Waals surface area contributed by atoms with Gasteiger partial charge in [-0.15, -0.1) is 10.2 Å². The first-order valence-electron chi connectivity index (χ1n) is 12.9. The number of thioether (sulfide) groups is 1. The molecule has 5 rings (SSSR count). The number of rotatable bonds is 11. The summed E-state index contributed by atoms with van der Waals surface area (Å²) in [5.41, 5.74) is 4.92. The van der Waals surface area contributed by atoms with Gasteiger partial charge in [-0.1, -0.05) is 60.3 Å². The molecule has 0 saturated heterocycles. The number of fused-ring (bicyclic) bond motifs is 1. The summed E-state index contributed by atoms with van der Waals surface area (Å²) in [7, 11) is 6.27. The molecule has 1 N–H and O–H groups in total. The van der Waals surface area contributed by atoms with Crippen LogP contribution in [0.4, 0.5) is 0 Å². The Morgan fingerprint density at radius 2 is 1.55 bits per heavy atom. The molecule has 0 atom stereocenters. The van der Waals surface area contributed by atoms with E-state index in [4.69, 9.17) is 18.9 Å². The third-order valence-electron chi connectivity index (χ3n) is 6.44. The molecule has 0 aliphatic carbocycles. The minimum absolute atomic E-state index is 0.0598. The highest BCUT2D eigenvalue weighted by atomic mass is 32.2. The number of methoxy groups -OCH3 is 4. The fourth-order valence-electron chi connectivity index (χ4n) is 4.49. The SMILES string of the molecule is COc1cc(-c2nnc(SCC(=O)NN=Cc3c(OC)ccc4ccccc34)n2-c2ccccc2)cc(OC)c1OC. The first-order chi connectivity index (χ1) is 20.6. The van der Waals surface area contributed by atoms with Gasteiger partial charge in [-0.05, 0) is 41.1 Å². The van der Waals surface area contributed by atoms with E-state index in [9.17, 15) is 4.79 Å². The van der Waals surface area contributed by atoms with Crippen molar-refractivity contribution in [1.82, 2.24) is 20.2 Å². The lowest BCUT2D eigenvalue weighted by molar-refractivity contribution is -0.118. The van der Waals surface area contributed by atoms with E-state index in [0.29, 0.717) is 39.5 Å². The van der Waals surface area contributed by atoms with E-state index >= 15 is 0 Å². The smallest absolute Gasteiger partial charge is 0.250 e. The number of hydrogen-bond acceptors (Lipinski definition) is 9. The molecule has 1 aromatic heterocycles. The predicted octanol–water partition coefficient (Wildman–Crippen LogP) is 5.36. The fourth-order valence-corrected chi connectivity index (χ4v) is 5.23. The molecule has 1 heterocycles. The average molecular weight is 584 g/mol. The van der Waals surface area contributed by atoms with E-state index in [1.807, 2.05) is 83.4 Å². The van der Waals surface area contributed by atoms with Crippen LogP contribution in [-0.4, -0.2) is 61.1 Å². The number of carbonyl (C=O) groups excluding carboxylic acids is 1. The van der Waals surface area contributed by atoms with Gasteiger partial charge in [-0.25, -0.2) is 5.43 Å². The van der Waals surface area contributed by atoms with Gasteiger partial charge >= 0.3 is 0 Å². The number of aromatic nitrogens is 3. The number of hydrogen-bond donors (Lipinski definition) is 1. The van der Waals surface area contributed by atoms with E-state index in [2.05, 4.69) is 20.7 Å². The molecule has 214 valence electrons. The van der Waals surface area contributed by atoms with Gasteiger partial charge in [0.25, 0.3) is 5.91 Å². The standard InChI is InChI=1S/C31H29N5O5S/c1-38-25-15-14-20-10-8-9-13-23(20)24(25)18-32-33-28(37)19-42-31-35-34-30(36(31)22-11-6-5-7-12-22)21-16-26(39-2)29(41-4)27(17-21)40-3/h5-18H,19H2,1-4H3,(H,33,37). The average Bonchev–Trinajstić information content (AvgIpc) is 3.47. The van der Waals surface area contributed by atoms with Crippen molar-refractivity contribution in [2.75, 3.05) is 34.2 Å². The minimum atomic E-state index is -0.299. The molecule has 0 saturated carbocycles. The van der Waals surface area contributed by atoms with Crippen LogP contribution in [0.3, 0.4) is 0 Å². The summed E-state index contributed by atoms with van der Waals surface area (Å²) >= 11 is 1.24. The Kier molecular flexibility index (Phi) is 8.88. The van der Waals surface area contributed by atoms with Crippen LogP contribution in [0.25, 0.3) is 27.8 Å². The molecule has 0 radical (unpaired) electrons. The van der Waals surface area contributed by atoms with E-state index in [1.54, 1.807) is 34.7 Å². The first kappa shape index (κ1) is 28.5. The molecule has 0 aliphatic heterocycles. The summed E-state index contributed by atoms with van der Waals surface area (Å²) in [5.74, 6) is 2.42. The normalized spacial score (nSPS) is 11.0. The Morgan fingerprint density at radius 1 is 0.857 bits per heavy atom. The van der Waals surface area contributed by atoms with Crippen molar-refractivity contribution >= 4 is 34.7 Å². The molecule has 0 bridgehead atoms. The van der Waals surface area contributed by atoms with E-state index in [1.165, 1.54) is 11.8 Å². The number of hydrazone groups is 1. The van der Waals surface area contributed by atoms with Crippen LogP contribution in [-0.2, 0) is 4.79 Å². The zero-order chi connectivity index (χ0) is 29.5. The van der Waals surface area contributed by atoms with Gasteiger partial charge in [0.15, 0.2) is 22.5 Å². The van der Waals surface area contributed by atoms with Gasteiger partial charge in [0.05, 0.1) is 40.4 Å². The molecule has 42 heavy (non-hydrogen) atoms. The van der Waals surface area contributed by atoms with Crippen LogP contribution in [0.2, 0.25) is 0 Å². The van der Waals surface area contributed by atoms with Gasteiger partial charge in [-0.3, -0.25) is 9.36 Å². The van der Waals surface area contributed by atoms with Gasteiger partial charge in [0.2, 0.25) is 5.75 Å². The number of ether oxygens (including phenoxy) is 4. The van der Waals surface area contributed by atoms with Crippen LogP contribution in [0.5, 0.6) is 23.0 Å².